The van der Waals surface area contributed by atoms with E-state index in [0.29, 0.717) is 6.54 Å². The Kier molecular flexibility index (Phi) is 5.08. The fourth-order valence-electron chi connectivity index (χ4n) is 3.19. The summed E-state index contributed by atoms with van der Waals surface area (Å²) in [5.74, 6) is -1.57. The smallest absolute Gasteiger partial charge is 0.319 e. The number of para-hydroxylation sites is 1. The van der Waals surface area contributed by atoms with Crippen molar-refractivity contribution in [3.8, 4) is 0 Å². The standard InChI is InChI=1S/C21H17F2N3OS/c22-13-7-8-19(17(23)10-13)26-21(27)25-12-16(20-6-3-9-28-20)15-11-24-18-5-2-1-4-14(15)18/h1-11,16,24H,12H2,(H2,25,26,27)/t16-/m1/s1. The monoisotopic (exact) mass is 397 g/mol. The van der Waals surface area contributed by atoms with Crippen molar-refractivity contribution in [2.75, 3.05) is 11.9 Å². The van der Waals surface area contributed by atoms with Gasteiger partial charge in [0.2, 0.25) is 0 Å². The van der Waals surface area contributed by atoms with Crippen LogP contribution in [0, 0.1) is 11.6 Å². The number of amides is 2. The number of carbonyl (C=O) groups is 1. The van der Waals surface area contributed by atoms with Crippen molar-refractivity contribution in [2.45, 2.75) is 5.92 Å². The van der Waals surface area contributed by atoms with Gasteiger partial charge in [-0.25, -0.2) is 13.6 Å². The van der Waals surface area contributed by atoms with Crippen LogP contribution < -0.4 is 10.6 Å². The molecule has 0 fully saturated rings. The Morgan fingerprint density at radius 2 is 1.96 bits per heavy atom. The summed E-state index contributed by atoms with van der Waals surface area (Å²) in [6, 6.07) is 14.4. The molecule has 1 atom stereocenters. The molecule has 4 nitrogen and oxygen atoms in total. The fourth-order valence-corrected chi connectivity index (χ4v) is 4.03. The number of fused-ring (bicyclic) bond motifs is 1. The van der Waals surface area contributed by atoms with Crippen LogP contribution in [0.4, 0.5) is 19.3 Å². The molecular weight excluding hydrogens is 380 g/mol. The average Bonchev–Trinajstić information content (AvgIpc) is 3.35. The first-order valence-corrected chi connectivity index (χ1v) is 9.59. The summed E-state index contributed by atoms with van der Waals surface area (Å²) in [4.78, 5) is 16.6. The van der Waals surface area contributed by atoms with E-state index in [1.807, 2.05) is 48.0 Å². The van der Waals surface area contributed by atoms with Crippen molar-refractivity contribution >= 4 is 34.0 Å². The Labute approximate surface area is 164 Å². The van der Waals surface area contributed by atoms with Crippen LogP contribution in [-0.4, -0.2) is 17.6 Å². The third-order valence-electron chi connectivity index (χ3n) is 4.53. The third-order valence-corrected chi connectivity index (χ3v) is 5.52. The summed E-state index contributed by atoms with van der Waals surface area (Å²) in [5, 5.41) is 8.30. The molecule has 28 heavy (non-hydrogen) atoms. The molecule has 7 heteroatoms. The topological polar surface area (TPSA) is 56.9 Å². The summed E-state index contributed by atoms with van der Waals surface area (Å²) in [6.45, 7) is 0.330. The van der Waals surface area contributed by atoms with Gasteiger partial charge in [0.05, 0.1) is 5.69 Å². The lowest BCUT2D eigenvalue weighted by molar-refractivity contribution is 0.251. The quantitative estimate of drug-likeness (QED) is 0.411. The first kappa shape index (κ1) is 18.2. The lowest BCUT2D eigenvalue weighted by atomic mass is 9.97. The van der Waals surface area contributed by atoms with Crippen molar-refractivity contribution in [1.82, 2.24) is 10.3 Å². The highest BCUT2D eigenvalue weighted by molar-refractivity contribution is 7.10. The molecule has 0 aliphatic carbocycles. The molecule has 0 bridgehead atoms. The molecule has 4 rings (SSSR count). The molecule has 0 saturated carbocycles. The lowest BCUT2D eigenvalue weighted by Crippen LogP contribution is -2.32. The molecule has 3 N–H and O–H groups in total. The molecule has 2 aromatic carbocycles. The number of benzene rings is 2. The number of carbonyl (C=O) groups excluding carboxylic acids is 1. The van der Waals surface area contributed by atoms with Gasteiger partial charge < -0.3 is 15.6 Å². The van der Waals surface area contributed by atoms with Crippen LogP contribution in [0.25, 0.3) is 10.9 Å². The number of nitrogens with one attached hydrogen (secondary N) is 3. The van der Waals surface area contributed by atoms with Crippen molar-refractivity contribution in [1.29, 1.82) is 0 Å². The molecule has 0 unspecified atom stereocenters. The second kappa shape index (κ2) is 7.82. The zero-order valence-corrected chi connectivity index (χ0v) is 15.5. The van der Waals surface area contributed by atoms with Crippen LogP contribution in [-0.2, 0) is 0 Å². The highest BCUT2D eigenvalue weighted by Gasteiger charge is 2.20. The maximum Gasteiger partial charge on any atom is 0.319 e. The SMILES string of the molecule is O=C(NC[C@@H](c1cccs1)c1c[nH]c2ccccc12)Nc1ccc(F)cc1F. The molecule has 142 valence electrons. The minimum Gasteiger partial charge on any atom is -0.361 e. The summed E-state index contributed by atoms with van der Waals surface area (Å²) in [7, 11) is 0. The number of thiophene rings is 1. The molecule has 0 aliphatic heterocycles. The number of H-pyrrole nitrogens is 1. The van der Waals surface area contributed by atoms with Crippen molar-refractivity contribution in [3.63, 3.8) is 0 Å². The van der Waals surface area contributed by atoms with Crippen molar-refractivity contribution in [2.24, 2.45) is 0 Å². The number of anilines is 1. The Morgan fingerprint density at radius 3 is 2.75 bits per heavy atom. The van der Waals surface area contributed by atoms with Gasteiger partial charge in [0.15, 0.2) is 0 Å². The predicted octanol–water partition coefficient (Wildman–Crippen LogP) is 5.46. The molecular formula is C21H17F2N3OS. The maximum atomic E-state index is 13.7. The number of hydrogen-bond acceptors (Lipinski definition) is 2. The normalized spacial score (nSPS) is 12.1. The summed E-state index contributed by atoms with van der Waals surface area (Å²) < 4.78 is 26.8. The minimum atomic E-state index is -0.818. The largest absolute Gasteiger partial charge is 0.361 e. The highest BCUT2D eigenvalue weighted by atomic mass is 32.1. The molecule has 2 aromatic heterocycles. The number of hydrogen-bond donors (Lipinski definition) is 3. The van der Waals surface area contributed by atoms with E-state index in [-0.39, 0.29) is 11.6 Å². The van der Waals surface area contributed by atoms with Gasteiger partial charge in [-0.05, 0) is 35.2 Å². The highest BCUT2D eigenvalue weighted by Crippen LogP contribution is 2.32. The van der Waals surface area contributed by atoms with Gasteiger partial charge in [-0.3, -0.25) is 0 Å². The van der Waals surface area contributed by atoms with E-state index in [9.17, 15) is 13.6 Å². The van der Waals surface area contributed by atoms with E-state index in [0.717, 1.165) is 33.5 Å². The van der Waals surface area contributed by atoms with Gasteiger partial charge in [-0.1, -0.05) is 24.3 Å². The van der Waals surface area contributed by atoms with Gasteiger partial charge in [0.25, 0.3) is 0 Å². The third kappa shape index (κ3) is 3.75. The lowest BCUT2D eigenvalue weighted by Gasteiger charge is -2.17. The average molecular weight is 397 g/mol. The number of aromatic nitrogens is 1. The Hall–Kier alpha value is -3.19. The van der Waals surface area contributed by atoms with E-state index in [4.69, 9.17) is 0 Å². The first-order chi connectivity index (χ1) is 13.6. The zero-order chi connectivity index (χ0) is 19.5. The van der Waals surface area contributed by atoms with Crippen molar-refractivity contribution < 1.29 is 13.6 Å². The van der Waals surface area contributed by atoms with E-state index in [1.165, 1.54) is 6.07 Å². The summed E-state index contributed by atoms with van der Waals surface area (Å²) in [6.07, 6.45) is 1.95. The second-order valence-electron chi connectivity index (χ2n) is 6.32. The van der Waals surface area contributed by atoms with Gasteiger partial charge in [0, 0.05) is 40.5 Å². The van der Waals surface area contributed by atoms with Crippen LogP contribution in [0.5, 0.6) is 0 Å². The maximum absolute atomic E-state index is 13.7. The predicted molar refractivity (Wildman–Crippen MR) is 108 cm³/mol. The zero-order valence-electron chi connectivity index (χ0n) is 14.7. The fraction of sp³-hybridized carbons (Fsp3) is 0.0952. The van der Waals surface area contributed by atoms with Crippen LogP contribution in [0.2, 0.25) is 0 Å². The van der Waals surface area contributed by atoms with Gasteiger partial charge >= 0.3 is 6.03 Å². The van der Waals surface area contributed by atoms with Gasteiger partial charge in [0.1, 0.15) is 11.6 Å². The number of aromatic amines is 1. The van der Waals surface area contributed by atoms with E-state index in [2.05, 4.69) is 15.6 Å². The molecule has 4 aromatic rings. The van der Waals surface area contributed by atoms with Crippen LogP contribution >= 0.6 is 11.3 Å². The first-order valence-electron chi connectivity index (χ1n) is 8.71. The second-order valence-corrected chi connectivity index (χ2v) is 7.30. The number of urea groups is 1. The van der Waals surface area contributed by atoms with Crippen molar-refractivity contribution in [3.05, 3.63) is 88.2 Å². The van der Waals surface area contributed by atoms with Crippen LogP contribution in [0.15, 0.2) is 66.2 Å². The Morgan fingerprint density at radius 1 is 1.11 bits per heavy atom. The van der Waals surface area contributed by atoms with Crippen LogP contribution in [0.3, 0.4) is 0 Å². The minimum absolute atomic E-state index is 0.0556. The van der Waals surface area contributed by atoms with Gasteiger partial charge in [-0.15, -0.1) is 11.3 Å². The van der Waals surface area contributed by atoms with E-state index >= 15 is 0 Å². The van der Waals surface area contributed by atoms with Crippen LogP contribution in [0.1, 0.15) is 16.4 Å². The molecule has 0 aliphatic rings. The molecule has 0 saturated heterocycles. The Bertz CT molecular complexity index is 1110. The molecule has 2 amide bonds. The molecule has 0 radical (unpaired) electrons. The molecule has 2 heterocycles. The molecule has 0 spiro atoms. The van der Waals surface area contributed by atoms with Gasteiger partial charge in [-0.2, -0.15) is 0 Å². The number of rotatable bonds is 5. The summed E-state index contributed by atoms with van der Waals surface area (Å²) in [5.41, 5.74) is 2.03. The Balaban J connectivity index is 1.53. The summed E-state index contributed by atoms with van der Waals surface area (Å²) >= 11 is 1.61. The number of halogens is 2. The van der Waals surface area contributed by atoms with E-state index in [1.54, 1.807) is 11.3 Å². The van der Waals surface area contributed by atoms with E-state index < -0.39 is 17.7 Å².